The zero-order valence-corrected chi connectivity index (χ0v) is 18.1. The molecule has 1 aliphatic heterocycles. The number of carbonyl (C=O) groups is 2. The van der Waals surface area contributed by atoms with Crippen LogP contribution in [0.4, 0.5) is 5.95 Å². The molecule has 1 saturated heterocycles. The molecular weight excluding hydrogens is 400 g/mol. The molecule has 1 aromatic heterocycles. The number of rotatable bonds is 6. The van der Waals surface area contributed by atoms with Crippen molar-refractivity contribution in [2.45, 2.75) is 38.3 Å². The number of carbonyl (C=O) groups excluding carboxylic acids is 2. The van der Waals surface area contributed by atoms with Gasteiger partial charge in [-0.1, -0.05) is 61.5 Å². The number of ketones is 1. The number of nitrogens with zero attached hydrogens (tertiary/aromatic N) is 2. The number of Topliss-reactive ketones (excluding diaryl/α,β-unsaturated/α-hetero) is 1. The van der Waals surface area contributed by atoms with Crippen molar-refractivity contribution < 1.29 is 9.59 Å². The summed E-state index contributed by atoms with van der Waals surface area (Å²) in [5, 5.41) is 5.31. The van der Waals surface area contributed by atoms with Crippen LogP contribution in [0.25, 0.3) is 21.8 Å². The van der Waals surface area contributed by atoms with E-state index >= 15 is 0 Å². The second-order valence-electron chi connectivity index (χ2n) is 8.29. The minimum atomic E-state index is -1.24. The summed E-state index contributed by atoms with van der Waals surface area (Å²) in [6.45, 7) is 2.79. The lowest BCUT2D eigenvalue weighted by Crippen LogP contribution is -2.61. The number of para-hydroxylation sites is 2. The van der Waals surface area contributed by atoms with Crippen molar-refractivity contribution in [2.75, 3.05) is 11.4 Å². The van der Waals surface area contributed by atoms with Crippen LogP contribution in [-0.4, -0.2) is 33.7 Å². The fraction of sp³-hybridized carbons (Fsp3) is 0.269. The van der Waals surface area contributed by atoms with Gasteiger partial charge < -0.3 is 15.2 Å². The second kappa shape index (κ2) is 8.11. The van der Waals surface area contributed by atoms with Gasteiger partial charge in [0.05, 0.1) is 11.0 Å². The van der Waals surface area contributed by atoms with Crippen molar-refractivity contribution in [1.82, 2.24) is 15.3 Å². The molecule has 0 saturated carbocycles. The highest BCUT2D eigenvalue weighted by Gasteiger charge is 2.53. The monoisotopic (exact) mass is 426 g/mol. The molecule has 0 spiro atoms. The van der Waals surface area contributed by atoms with E-state index in [1.165, 1.54) is 0 Å². The molecule has 5 rings (SSSR count). The Hall–Kier alpha value is -3.67. The highest BCUT2D eigenvalue weighted by Crippen LogP contribution is 2.36. The van der Waals surface area contributed by atoms with Crippen molar-refractivity contribution in [3.8, 4) is 0 Å². The van der Waals surface area contributed by atoms with E-state index < -0.39 is 5.54 Å². The zero-order valence-electron chi connectivity index (χ0n) is 18.1. The largest absolute Gasteiger partial charge is 0.350 e. The van der Waals surface area contributed by atoms with Gasteiger partial charge in [-0.15, -0.1) is 0 Å². The summed E-state index contributed by atoms with van der Waals surface area (Å²) in [5.41, 5.74) is 1.50. The standard InChI is InChI=1S/C26H26N4O2/c1-2-23(31)26(15-8-16-30(26)25-28-21-13-5-6-14-22(21)29-25)24(32)27-17-19-11-7-10-18-9-3-4-12-20(18)19/h3-7,9-14H,2,8,15-17H2,1H3,(H,27,32)(H,28,29)/t26-/m1/s1. The fourth-order valence-electron chi connectivity index (χ4n) is 4.89. The molecule has 1 atom stereocenters. The number of nitrogens with one attached hydrogen (secondary N) is 2. The predicted octanol–water partition coefficient (Wildman–Crippen LogP) is 4.35. The Balaban J connectivity index is 1.47. The van der Waals surface area contributed by atoms with Crippen LogP contribution in [0.1, 0.15) is 31.7 Å². The maximum Gasteiger partial charge on any atom is 0.254 e. The van der Waals surface area contributed by atoms with Gasteiger partial charge in [0.2, 0.25) is 5.95 Å². The molecule has 0 aliphatic carbocycles. The van der Waals surface area contributed by atoms with Gasteiger partial charge in [0.15, 0.2) is 11.3 Å². The number of anilines is 1. The topological polar surface area (TPSA) is 78.1 Å². The van der Waals surface area contributed by atoms with Gasteiger partial charge >= 0.3 is 0 Å². The fourth-order valence-corrected chi connectivity index (χ4v) is 4.89. The number of hydrogen-bond donors (Lipinski definition) is 2. The number of imidazole rings is 1. The number of aromatic amines is 1. The number of H-pyrrole nitrogens is 1. The summed E-state index contributed by atoms with van der Waals surface area (Å²) < 4.78 is 0. The molecule has 6 heteroatoms. The van der Waals surface area contributed by atoms with E-state index in [1.54, 1.807) is 0 Å². The van der Waals surface area contributed by atoms with Crippen LogP contribution in [0.5, 0.6) is 0 Å². The minimum absolute atomic E-state index is 0.0779. The smallest absolute Gasteiger partial charge is 0.254 e. The van der Waals surface area contributed by atoms with Gasteiger partial charge in [0.25, 0.3) is 5.91 Å². The Morgan fingerprint density at radius 1 is 1.06 bits per heavy atom. The molecule has 1 aliphatic rings. The van der Waals surface area contributed by atoms with Crippen molar-refractivity contribution >= 4 is 39.4 Å². The number of fused-ring (bicyclic) bond motifs is 2. The molecule has 0 bridgehead atoms. The average molecular weight is 427 g/mol. The molecule has 4 aromatic rings. The summed E-state index contributed by atoms with van der Waals surface area (Å²) in [5.74, 6) is 0.243. The van der Waals surface area contributed by atoms with E-state index in [9.17, 15) is 9.59 Å². The molecule has 32 heavy (non-hydrogen) atoms. The third-order valence-corrected chi connectivity index (χ3v) is 6.49. The maximum atomic E-state index is 13.7. The number of amides is 1. The maximum absolute atomic E-state index is 13.7. The van der Waals surface area contributed by atoms with E-state index in [1.807, 2.05) is 60.4 Å². The quantitative estimate of drug-likeness (QED) is 0.449. The van der Waals surface area contributed by atoms with E-state index in [2.05, 4.69) is 33.5 Å². The lowest BCUT2D eigenvalue weighted by molar-refractivity contribution is -0.135. The normalized spacial score (nSPS) is 18.3. The molecule has 3 aromatic carbocycles. The summed E-state index contributed by atoms with van der Waals surface area (Å²) in [6.07, 6.45) is 1.53. The van der Waals surface area contributed by atoms with Gasteiger partial charge in [0.1, 0.15) is 0 Å². The van der Waals surface area contributed by atoms with Gasteiger partial charge in [-0.2, -0.15) is 0 Å². The zero-order chi connectivity index (χ0) is 22.1. The van der Waals surface area contributed by atoms with Crippen LogP contribution >= 0.6 is 0 Å². The lowest BCUT2D eigenvalue weighted by Gasteiger charge is -2.35. The first kappa shape index (κ1) is 20.2. The summed E-state index contributed by atoms with van der Waals surface area (Å²) >= 11 is 0. The van der Waals surface area contributed by atoms with Gasteiger partial charge in [0, 0.05) is 19.5 Å². The number of benzene rings is 3. The third kappa shape index (κ3) is 3.23. The van der Waals surface area contributed by atoms with Crippen LogP contribution < -0.4 is 10.2 Å². The minimum Gasteiger partial charge on any atom is -0.350 e. The number of hydrogen-bond acceptors (Lipinski definition) is 4. The second-order valence-corrected chi connectivity index (χ2v) is 8.29. The third-order valence-electron chi connectivity index (χ3n) is 6.49. The summed E-state index contributed by atoms with van der Waals surface area (Å²) in [4.78, 5) is 36.8. The van der Waals surface area contributed by atoms with Crippen LogP contribution in [0.3, 0.4) is 0 Å². The SMILES string of the molecule is CCC(=O)[C@@]1(C(=O)NCc2cccc3ccccc23)CCCN1c1nc2ccccc2[nH]1. The van der Waals surface area contributed by atoms with Gasteiger partial charge in [-0.05, 0) is 41.3 Å². The Bertz CT molecular complexity index is 1270. The molecule has 0 radical (unpaired) electrons. The summed E-state index contributed by atoms with van der Waals surface area (Å²) in [6, 6.07) is 21.9. The molecule has 2 heterocycles. The molecule has 0 unspecified atom stereocenters. The molecule has 2 N–H and O–H groups in total. The number of aromatic nitrogens is 2. The van der Waals surface area contributed by atoms with Crippen molar-refractivity contribution in [2.24, 2.45) is 0 Å². The van der Waals surface area contributed by atoms with E-state index in [-0.39, 0.29) is 11.7 Å². The molecular formula is C26H26N4O2. The Morgan fingerprint density at radius 2 is 1.84 bits per heavy atom. The van der Waals surface area contributed by atoms with Crippen molar-refractivity contribution in [3.05, 3.63) is 72.3 Å². The molecule has 1 amide bonds. The predicted molar refractivity (Wildman–Crippen MR) is 126 cm³/mol. The highest BCUT2D eigenvalue weighted by atomic mass is 16.2. The molecule has 162 valence electrons. The van der Waals surface area contributed by atoms with E-state index in [0.717, 1.165) is 33.8 Å². The highest BCUT2D eigenvalue weighted by molar-refractivity contribution is 6.14. The average Bonchev–Trinajstić information content (AvgIpc) is 3.46. The van der Waals surface area contributed by atoms with Crippen molar-refractivity contribution in [3.63, 3.8) is 0 Å². The van der Waals surface area contributed by atoms with Gasteiger partial charge in [-0.25, -0.2) is 4.98 Å². The Labute approximate surface area is 186 Å². The molecule has 6 nitrogen and oxygen atoms in total. The van der Waals surface area contributed by atoms with Crippen LogP contribution in [0.15, 0.2) is 66.7 Å². The van der Waals surface area contributed by atoms with Crippen LogP contribution in [-0.2, 0) is 16.1 Å². The van der Waals surface area contributed by atoms with Crippen LogP contribution in [0.2, 0.25) is 0 Å². The Kier molecular flexibility index (Phi) is 5.13. The first-order valence-electron chi connectivity index (χ1n) is 11.1. The van der Waals surface area contributed by atoms with Gasteiger partial charge in [-0.3, -0.25) is 9.59 Å². The lowest BCUT2D eigenvalue weighted by atomic mass is 9.88. The van der Waals surface area contributed by atoms with Crippen LogP contribution in [0, 0.1) is 0 Å². The van der Waals surface area contributed by atoms with Crippen molar-refractivity contribution in [1.29, 1.82) is 0 Å². The molecule has 1 fully saturated rings. The first-order chi connectivity index (χ1) is 15.6. The summed E-state index contributed by atoms with van der Waals surface area (Å²) in [7, 11) is 0. The van der Waals surface area contributed by atoms with E-state index in [4.69, 9.17) is 0 Å². The first-order valence-corrected chi connectivity index (χ1v) is 11.1. The Morgan fingerprint density at radius 3 is 2.69 bits per heavy atom. The van der Waals surface area contributed by atoms with E-state index in [0.29, 0.717) is 31.9 Å².